The standard InChI is InChI=1S/C20H24N6OS2/c1-2-26-17(14-9-5-3-6-10-14)22-25-20(26)28-13-16(27)21-19-24-23-18(29-19)15-11-7-4-8-12-15/h3,5-6,9-10,15H,2,4,7-8,11-13H2,1H3,(H,21,24,27). The fourth-order valence-electron chi connectivity index (χ4n) is 3.57. The van der Waals surface area contributed by atoms with Crippen molar-refractivity contribution in [3.8, 4) is 11.4 Å². The molecule has 0 aliphatic heterocycles. The summed E-state index contributed by atoms with van der Waals surface area (Å²) < 4.78 is 2.03. The first-order chi connectivity index (χ1) is 14.2. The number of aromatic nitrogens is 5. The second-order valence-corrected chi connectivity index (χ2v) is 8.99. The molecule has 0 unspecified atom stereocenters. The van der Waals surface area contributed by atoms with E-state index in [0.29, 0.717) is 11.0 Å². The van der Waals surface area contributed by atoms with E-state index in [1.165, 1.54) is 55.2 Å². The van der Waals surface area contributed by atoms with Crippen LogP contribution in [-0.4, -0.2) is 36.6 Å². The molecule has 0 spiro atoms. The van der Waals surface area contributed by atoms with Crippen LogP contribution in [0.2, 0.25) is 0 Å². The first kappa shape index (κ1) is 20.0. The second-order valence-electron chi connectivity index (χ2n) is 7.03. The Morgan fingerprint density at radius 2 is 1.93 bits per heavy atom. The number of carbonyl (C=O) groups is 1. The average molecular weight is 429 g/mol. The summed E-state index contributed by atoms with van der Waals surface area (Å²) in [4.78, 5) is 12.4. The van der Waals surface area contributed by atoms with E-state index in [1.54, 1.807) is 0 Å². The van der Waals surface area contributed by atoms with E-state index in [9.17, 15) is 4.79 Å². The monoisotopic (exact) mass is 428 g/mol. The van der Waals surface area contributed by atoms with Crippen LogP contribution < -0.4 is 5.32 Å². The number of anilines is 1. The summed E-state index contributed by atoms with van der Waals surface area (Å²) in [6.45, 7) is 2.79. The predicted molar refractivity (Wildman–Crippen MR) is 116 cm³/mol. The molecule has 9 heteroatoms. The van der Waals surface area contributed by atoms with Gasteiger partial charge in [-0.05, 0) is 19.8 Å². The SMILES string of the molecule is CCn1c(SCC(=O)Nc2nnc(C3CCCCC3)s2)nnc1-c1ccccc1. The van der Waals surface area contributed by atoms with Crippen LogP contribution >= 0.6 is 23.1 Å². The maximum Gasteiger partial charge on any atom is 0.236 e. The van der Waals surface area contributed by atoms with Crippen LogP contribution in [0.4, 0.5) is 5.13 Å². The van der Waals surface area contributed by atoms with Gasteiger partial charge in [-0.3, -0.25) is 10.1 Å². The van der Waals surface area contributed by atoms with Gasteiger partial charge < -0.3 is 4.57 Å². The topological polar surface area (TPSA) is 85.6 Å². The molecule has 0 saturated heterocycles. The highest BCUT2D eigenvalue weighted by Gasteiger charge is 2.20. The second kappa shape index (κ2) is 9.49. The number of amides is 1. The molecule has 0 atom stereocenters. The lowest BCUT2D eigenvalue weighted by Gasteiger charge is -2.18. The van der Waals surface area contributed by atoms with Gasteiger partial charge >= 0.3 is 0 Å². The molecule has 4 rings (SSSR count). The van der Waals surface area contributed by atoms with E-state index in [1.807, 2.05) is 41.8 Å². The van der Waals surface area contributed by atoms with Crippen molar-refractivity contribution < 1.29 is 4.79 Å². The molecule has 0 bridgehead atoms. The van der Waals surface area contributed by atoms with Gasteiger partial charge in [0, 0.05) is 18.0 Å². The van der Waals surface area contributed by atoms with Gasteiger partial charge in [0.15, 0.2) is 11.0 Å². The van der Waals surface area contributed by atoms with E-state index in [-0.39, 0.29) is 11.7 Å². The maximum atomic E-state index is 12.4. The Morgan fingerprint density at radius 3 is 2.69 bits per heavy atom. The summed E-state index contributed by atoms with van der Waals surface area (Å²) >= 11 is 2.88. The molecule has 1 aliphatic rings. The summed E-state index contributed by atoms with van der Waals surface area (Å²) in [5, 5.41) is 22.3. The first-order valence-corrected chi connectivity index (χ1v) is 11.8. The fraction of sp³-hybridized carbons (Fsp3) is 0.450. The van der Waals surface area contributed by atoms with Gasteiger partial charge in [-0.1, -0.05) is 72.7 Å². The summed E-state index contributed by atoms with van der Waals surface area (Å²) in [6.07, 6.45) is 6.17. The van der Waals surface area contributed by atoms with E-state index >= 15 is 0 Å². The minimum Gasteiger partial charge on any atom is -0.302 e. The lowest BCUT2D eigenvalue weighted by atomic mass is 9.90. The lowest BCUT2D eigenvalue weighted by Crippen LogP contribution is -2.14. The quantitative estimate of drug-likeness (QED) is 0.554. The van der Waals surface area contributed by atoms with Crippen molar-refractivity contribution in [2.24, 2.45) is 0 Å². The largest absolute Gasteiger partial charge is 0.302 e. The number of hydrogen-bond donors (Lipinski definition) is 1. The van der Waals surface area contributed by atoms with Gasteiger partial charge in [0.05, 0.1) is 5.75 Å². The summed E-state index contributed by atoms with van der Waals surface area (Å²) in [7, 11) is 0. The molecule has 1 saturated carbocycles. The van der Waals surface area contributed by atoms with E-state index in [2.05, 4.69) is 25.7 Å². The number of thioether (sulfide) groups is 1. The van der Waals surface area contributed by atoms with Gasteiger partial charge in [0.1, 0.15) is 5.01 Å². The van der Waals surface area contributed by atoms with Gasteiger partial charge in [-0.15, -0.1) is 20.4 Å². The summed E-state index contributed by atoms with van der Waals surface area (Å²) in [6, 6.07) is 9.96. The Hall–Kier alpha value is -2.26. The molecule has 1 aromatic carbocycles. The molecule has 2 heterocycles. The molecule has 2 aromatic heterocycles. The van der Waals surface area contributed by atoms with Crippen molar-refractivity contribution in [1.29, 1.82) is 0 Å². The highest BCUT2D eigenvalue weighted by atomic mass is 32.2. The zero-order valence-corrected chi connectivity index (χ0v) is 18.0. The Kier molecular flexibility index (Phi) is 6.56. The molecule has 3 aromatic rings. The average Bonchev–Trinajstić information content (AvgIpc) is 3.40. The Bertz CT molecular complexity index is 949. The Morgan fingerprint density at radius 1 is 1.14 bits per heavy atom. The highest BCUT2D eigenvalue weighted by molar-refractivity contribution is 7.99. The molecular weight excluding hydrogens is 404 g/mol. The Balaban J connectivity index is 1.35. The molecule has 0 radical (unpaired) electrons. The van der Waals surface area contributed by atoms with Gasteiger partial charge in [-0.25, -0.2) is 0 Å². The number of nitrogens with one attached hydrogen (secondary N) is 1. The molecule has 1 aliphatic carbocycles. The van der Waals surface area contributed by atoms with Gasteiger partial charge in [0.25, 0.3) is 0 Å². The number of carbonyl (C=O) groups excluding carboxylic acids is 1. The van der Waals surface area contributed by atoms with Crippen molar-refractivity contribution in [3.05, 3.63) is 35.3 Å². The van der Waals surface area contributed by atoms with Crippen LogP contribution in [-0.2, 0) is 11.3 Å². The first-order valence-electron chi connectivity index (χ1n) is 9.99. The van der Waals surface area contributed by atoms with Crippen molar-refractivity contribution >= 4 is 34.1 Å². The Labute approximate surface area is 178 Å². The van der Waals surface area contributed by atoms with Gasteiger partial charge in [-0.2, -0.15) is 0 Å². The lowest BCUT2D eigenvalue weighted by molar-refractivity contribution is -0.113. The van der Waals surface area contributed by atoms with Crippen molar-refractivity contribution in [2.75, 3.05) is 11.1 Å². The van der Waals surface area contributed by atoms with Crippen LogP contribution in [0, 0.1) is 0 Å². The van der Waals surface area contributed by atoms with Crippen LogP contribution in [0.3, 0.4) is 0 Å². The number of hydrogen-bond acceptors (Lipinski definition) is 7. The molecule has 152 valence electrons. The number of nitrogens with zero attached hydrogens (tertiary/aromatic N) is 5. The minimum atomic E-state index is -0.103. The van der Waals surface area contributed by atoms with Crippen LogP contribution in [0.25, 0.3) is 11.4 Å². The third-order valence-corrected chi connectivity index (χ3v) is 7.01. The summed E-state index contributed by atoms with van der Waals surface area (Å²) in [5.74, 6) is 1.47. The molecular formula is C20H24N6OS2. The molecule has 29 heavy (non-hydrogen) atoms. The smallest absolute Gasteiger partial charge is 0.236 e. The molecule has 7 nitrogen and oxygen atoms in total. The zero-order valence-electron chi connectivity index (χ0n) is 16.4. The third kappa shape index (κ3) is 4.84. The zero-order chi connectivity index (χ0) is 20.1. The maximum absolute atomic E-state index is 12.4. The van der Waals surface area contributed by atoms with E-state index in [0.717, 1.165) is 28.1 Å². The van der Waals surface area contributed by atoms with E-state index in [4.69, 9.17) is 0 Å². The van der Waals surface area contributed by atoms with Crippen LogP contribution in [0.1, 0.15) is 50.0 Å². The van der Waals surface area contributed by atoms with Crippen LogP contribution in [0.15, 0.2) is 35.5 Å². The number of rotatable bonds is 7. The predicted octanol–water partition coefficient (Wildman–Crippen LogP) is 4.60. The molecule has 1 amide bonds. The fourth-order valence-corrected chi connectivity index (χ4v) is 5.30. The van der Waals surface area contributed by atoms with Crippen molar-refractivity contribution in [1.82, 2.24) is 25.0 Å². The summed E-state index contributed by atoms with van der Waals surface area (Å²) in [5.41, 5.74) is 1.02. The number of benzene rings is 1. The minimum absolute atomic E-state index is 0.103. The van der Waals surface area contributed by atoms with Gasteiger partial charge in [0.2, 0.25) is 11.0 Å². The third-order valence-electron chi connectivity index (χ3n) is 5.04. The van der Waals surface area contributed by atoms with Crippen LogP contribution in [0.5, 0.6) is 0 Å². The molecule has 1 fully saturated rings. The van der Waals surface area contributed by atoms with Crippen molar-refractivity contribution in [2.45, 2.75) is 56.6 Å². The van der Waals surface area contributed by atoms with Crippen molar-refractivity contribution in [3.63, 3.8) is 0 Å². The van der Waals surface area contributed by atoms with E-state index < -0.39 is 0 Å². The normalized spacial score (nSPS) is 14.8. The highest BCUT2D eigenvalue weighted by Crippen LogP contribution is 2.35. The molecule has 1 N–H and O–H groups in total.